The third-order valence-corrected chi connectivity index (χ3v) is 6.31. The Morgan fingerprint density at radius 3 is 1.92 bits per heavy atom. The van der Waals surface area contributed by atoms with Crippen LogP contribution in [0, 0.1) is 0 Å². The fourth-order valence-corrected chi connectivity index (χ4v) is 3.90. The largest absolute Gasteiger partial charge is 0.497 e. The maximum Gasteiger partial charge on any atom is 0.335 e. The van der Waals surface area contributed by atoms with E-state index in [9.17, 15) is 14.4 Å². The zero-order valence-corrected chi connectivity index (χ0v) is 21.6. The van der Waals surface area contributed by atoms with Crippen LogP contribution in [0.2, 0.25) is 0 Å². The molecule has 0 saturated carbocycles. The summed E-state index contributed by atoms with van der Waals surface area (Å²) in [6.07, 6.45) is 2.53. The molecular weight excluding hydrogens is 484 g/mol. The van der Waals surface area contributed by atoms with Crippen LogP contribution in [0.5, 0.6) is 17.2 Å². The van der Waals surface area contributed by atoms with E-state index in [1.165, 1.54) is 18.7 Å². The fourth-order valence-electron chi connectivity index (χ4n) is 3.90. The molecule has 8 heteroatoms. The van der Waals surface area contributed by atoms with Crippen LogP contribution < -0.4 is 24.4 Å². The van der Waals surface area contributed by atoms with E-state index in [0.29, 0.717) is 41.9 Å². The molecule has 0 radical (unpaired) electrons. The summed E-state index contributed by atoms with van der Waals surface area (Å²) in [5.41, 5.74) is 2.07. The summed E-state index contributed by atoms with van der Waals surface area (Å²) in [4.78, 5) is 38.7. The van der Waals surface area contributed by atoms with Gasteiger partial charge in [0.05, 0.1) is 12.8 Å². The first kappa shape index (κ1) is 26.5. The van der Waals surface area contributed by atoms with Crippen molar-refractivity contribution in [3.63, 3.8) is 0 Å². The molecule has 0 aromatic heterocycles. The Balaban J connectivity index is 1.35. The molecule has 0 spiro atoms. The number of urea groups is 1. The van der Waals surface area contributed by atoms with Crippen molar-refractivity contribution in [1.82, 2.24) is 5.32 Å². The van der Waals surface area contributed by atoms with Crippen molar-refractivity contribution in [2.75, 3.05) is 25.2 Å². The number of benzene rings is 3. The molecule has 0 aliphatic carbocycles. The monoisotopic (exact) mass is 514 g/mol. The molecule has 4 amide bonds. The molecule has 3 aromatic carbocycles. The summed E-state index contributed by atoms with van der Waals surface area (Å²) in [5.74, 6) is 1.05. The van der Waals surface area contributed by atoms with Gasteiger partial charge in [0.15, 0.2) is 0 Å². The van der Waals surface area contributed by atoms with E-state index >= 15 is 0 Å². The van der Waals surface area contributed by atoms with Crippen molar-refractivity contribution in [2.45, 2.75) is 26.2 Å². The topological polar surface area (TPSA) is 94.2 Å². The van der Waals surface area contributed by atoms with Gasteiger partial charge in [0.25, 0.3) is 11.8 Å². The van der Waals surface area contributed by atoms with Crippen molar-refractivity contribution in [3.8, 4) is 17.2 Å². The van der Waals surface area contributed by atoms with E-state index in [0.717, 1.165) is 17.1 Å². The standard InChI is InChI=1S/C30H30N2O6/c1-4-20(2)22-7-13-26(14-8-22)38-18-17-37-25-11-5-21(6-12-25)19-27-28(33)31-30(35)32(29(27)34)23-9-15-24(36-3)16-10-23/h5-16,19-20H,4,17-18H2,1-3H3,(H,31,33,35)/b27-19-. The number of imide groups is 2. The van der Waals surface area contributed by atoms with Gasteiger partial charge in [-0.3, -0.25) is 14.9 Å². The van der Waals surface area contributed by atoms with E-state index in [-0.39, 0.29) is 5.57 Å². The van der Waals surface area contributed by atoms with Crippen LogP contribution in [0.3, 0.4) is 0 Å². The Hall–Kier alpha value is -4.59. The maximum atomic E-state index is 13.0. The number of rotatable bonds is 10. The highest BCUT2D eigenvalue weighted by molar-refractivity contribution is 6.39. The molecule has 8 nitrogen and oxygen atoms in total. The quantitative estimate of drug-likeness (QED) is 0.223. The van der Waals surface area contributed by atoms with Gasteiger partial charge in [-0.1, -0.05) is 38.1 Å². The predicted molar refractivity (Wildman–Crippen MR) is 145 cm³/mol. The summed E-state index contributed by atoms with van der Waals surface area (Å²) >= 11 is 0. The van der Waals surface area contributed by atoms with Crippen LogP contribution in [-0.2, 0) is 9.59 Å². The zero-order chi connectivity index (χ0) is 27.1. The molecule has 1 saturated heterocycles. The van der Waals surface area contributed by atoms with Crippen molar-refractivity contribution in [1.29, 1.82) is 0 Å². The van der Waals surface area contributed by atoms with E-state index < -0.39 is 17.8 Å². The summed E-state index contributed by atoms with van der Waals surface area (Å²) in [6, 6.07) is 20.6. The molecule has 1 unspecified atom stereocenters. The minimum Gasteiger partial charge on any atom is -0.497 e. The molecule has 1 heterocycles. The van der Waals surface area contributed by atoms with Crippen molar-refractivity contribution >= 4 is 29.6 Å². The number of barbiturate groups is 1. The third-order valence-electron chi connectivity index (χ3n) is 6.31. The number of carbonyl (C=O) groups is 3. The highest BCUT2D eigenvalue weighted by atomic mass is 16.5. The first-order valence-corrected chi connectivity index (χ1v) is 12.4. The lowest BCUT2D eigenvalue weighted by Crippen LogP contribution is -2.54. The molecule has 1 fully saturated rings. The molecule has 0 bridgehead atoms. The number of hydrogen-bond acceptors (Lipinski definition) is 6. The number of carbonyl (C=O) groups excluding carboxylic acids is 3. The molecule has 4 rings (SSSR count). The first-order chi connectivity index (χ1) is 18.4. The Labute approximate surface area is 221 Å². The van der Waals surface area contributed by atoms with Gasteiger partial charge < -0.3 is 14.2 Å². The van der Waals surface area contributed by atoms with E-state index in [2.05, 4.69) is 31.3 Å². The smallest absolute Gasteiger partial charge is 0.335 e. The Bertz CT molecular complexity index is 1310. The van der Waals surface area contributed by atoms with Crippen LogP contribution >= 0.6 is 0 Å². The predicted octanol–water partition coefficient (Wildman–Crippen LogP) is 5.33. The van der Waals surface area contributed by atoms with Crippen LogP contribution in [0.1, 0.15) is 37.3 Å². The number of ether oxygens (including phenoxy) is 3. The van der Waals surface area contributed by atoms with Gasteiger partial charge in [0.2, 0.25) is 0 Å². The van der Waals surface area contributed by atoms with Crippen LogP contribution in [0.4, 0.5) is 10.5 Å². The van der Waals surface area contributed by atoms with Crippen LogP contribution in [-0.4, -0.2) is 38.2 Å². The molecular formula is C30H30N2O6. The molecule has 1 aliphatic heterocycles. The third kappa shape index (κ3) is 6.21. The zero-order valence-electron chi connectivity index (χ0n) is 21.6. The summed E-state index contributed by atoms with van der Waals surface area (Å²) in [6.45, 7) is 5.11. The van der Waals surface area contributed by atoms with Gasteiger partial charge in [-0.2, -0.15) is 0 Å². The molecule has 1 atom stereocenters. The van der Waals surface area contributed by atoms with Crippen LogP contribution in [0.25, 0.3) is 6.08 Å². The van der Waals surface area contributed by atoms with Crippen molar-refractivity contribution in [3.05, 3.63) is 89.5 Å². The number of nitrogens with zero attached hydrogens (tertiary/aromatic N) is 1. The minimum atomic E-state index is -0.806. The highest BCUT2D eigenvalue weighted by Crippen LogP contribution is 2.25. The van der Waals surface area contributed by atoms with Gasteiger partial charge in [-0.25, -0.2) is 9.69 Å². The summed E-state index contributed by atoms with van der Waals surface area (Å²) in [5, 5.41) is 2.22. The maximum absolute atomic E-state index is 13.0. The second-order valence-electron chi connectivity index (χ2n) is 8.80. The average Bonchev–Trinajstić information content (AvgIpc) is 2.94. The van der Waals surface area contributed by atoms with E-state index in [1.54, 1.807) is 48.5 Å². The SMILES string of the molecule is CCC(C)c1ccc(OCCOc2ccc(/C=C3/C(=O)NC(=O)N(c4ccc(OC)cc4)C3=O)cc2)cc1. The van der Waals surface area contributed by atoms with Crippen LogP contribution in [0.15, 0.2) is 78.4 Å². The van der Waals surface area contributed by atoms with Gasteiger partial charge in [-0.15, -0.1) is 0 Å². The number of nitrogens with one attached hydrogen (secondary N) is 1. The molecule has 3 aromatic rings. The Kier molecular flexibility index (Phi) is 8.43. The fraction of sp³-hybridized carbons (Fsp3) is 0.233. The summed E-state index contributed by atoms with van der Waals surface area (Å²) < 4.78 is 16.6. The van der Waals surface area contributed by atoms with E-state index in [1.807, 2.05) is 12.1 Å². The van der Waals surface area contributed by atoms with Gasteiger partial charge in [-0.05, 0) is 78.1 Å². The second kappa shape index (κ2) is 12.1. The molecule has 196 valence electrons. The van der Waals surface area contributed by atoms with Gasteiger partial charge in [0.1, 0.15) is 36.0 Å². The normalized spacial score (nSPS) is 15.3. The number of hydrogen-bond donors (Lipinski definition) is 1. The Morgan fingerprint density at radius 1 is 0.816 bits per heavy atom. The number of anilines is 1. The highest BCUT2D eigenvalue weighted by Gasteiger charge is 2.36. The van der Waals surface area contributed by atoms with Gasteiger partial charge >= 0.3 is 6.03 Å². The lowest BCUT2D eigenvalue weighted by Gasteiger charge is -2.26. The summed E-state index contributed by atoms with van der Waals surface area (Å²) in [7, 11) is 1.52. The second-order valence-corrected chi connectivity index (χ2v) is 8.80. The lowest BCUT2D eigenvalue weighted by molar-refractivity contribution is -0.122. The minimum absolute atomic E-state index is 0.151. The van der Waals surface area contributed by atoms with Crippen molar-refractivity contribution in [2.24, 2.45) is 0 Å². The Morgan fingerprint density at radius 2 is 1.37 bits per heavy atom. The van der Waals surface area contributed by atoms with Gasteiger partial charge in [0, 0.05) is 0 Å². The van der Waals surface area contributed by atoms with Crippen molar-refractivity contribution < 1.29 is 28.6 Å². The average molecular weight is 515 g/mol. The number of amides is 4. The molecule has 1 aliphatic rings. The lowest BCUT2D eigenvalue weighted by atomic mass is 9.99. The number of methoxy groups -OCH3 is 1. The molecule has 1 N–H and O–H groups in total. The molecule has 38 heavy (non-hydrogen) atoms. The van der Waals surface area contributed by atoms with E-state index in [4.69, 9.17) is 14.2 Å². The first-order valence-electron chi connectivity index (χ1n) is 12.4.